The van der Waals surface area contributed by atoms with Crippen LogP contribution < -0.4 is 5.32 Å². The summed E-state index contributed by atoms with van der Waals surface area (Å²) in [5.74, 6) is -0.468. The molecular formula is C14H18N6O3S. The van der Waals surface area contributed by atoms with Gasteiger partial charge in [-0.05, 0) is 36.3 Å². The number of aromatic nitrogens is 4. The molecule has 0 aliphatic carbocycles. The number of tetrazole rings is 1. The van der Waals surface area contributed by atoms with Crippen LogP contribution in [0.25, 0.3) is 0 Å². The van der Waals surface area contributed by atoms with E-state index in [9.17, 15) is 13.2 Å². The third kappa shape index (κ3) is 3.60. The summed E-state index contributed by atoms with van der Waals surface area (Å²) in [6.45, 7) is 1.03. The van der Waals surface area contributed by atoms with E-state index in [-0.39, 0.29) is 16.4 Å². The van der Waals surface area contributed by atoms with E-state index in [2.05, 4.69) is 25.9 Å². The summed E-state index contributed by atoms with van der Waals surface area (Å²) in [5, 5.41) is 15.3. The number of benzene rings is 1. The Bertz CT molecular complexity index is 798. The number of H-pyrrole nitrogens is 1. The molecule has 10 heteroatoms. The van der Waals surface area contributed by atoms with Gasteiger partial charge < -0.3 is 0 Å². The van der Waals surface area contributed by atoms with Gasteiger partial charge in [0.05, 0.1) is 4.90 Å². The summed E-state index contributed by atoms with van der Waals surface area (Å²) < 4.78 is 27.1. The van der Waals surface area contributed by atoms with Crippen LogP contribution in [0.2, 0.25) is 0 Å². The minimum Gasteiger partial charge on any atom is -0.288 e. The zero-order valence-electron chi connectivity index (χ0n) is 13.0. The number of sulfonamides is 1. The topological polar surface area (TPSA) is 121 Å². The molecule has 24 heavy (non-hydrogen) atoms. The Balaban J connectivity index is 1.82. The Morgan fingerprint density at radius 1 is 1.17 bits per heavy atom. The van der Waals surface area contributed by atoms with E-state index >= 15 is 0 Å². The number of anilines is 1. The van der Waals surface area contributed by atoms with E-state index in [0.717, 1.165) is 25.7 Å². The normalized spacial score (nSPS) is 16.5. The highest BCUT2D eigenvalue weighted by atomic mass is 32.2. The SMILES string of the molecule is O=C(Nc1nn[nH]n1)c1cccc(S(=O)(=O)N2CCCCCC2)c1. The van der Waals surface area contributed by atoms with Crippen LogP contribution in [0, 0.1) is 0 Å². The fourth-order valence-electron chi connectivity index (χ4n) is 2.62. The van der Waals surface area contributed by atoms with E-state index in [4.69, 9.17) is 0 Å². The zero-order valence-corrected chi connectivity index (χ0v) is 13.8. The molecule has 2 heterocycles. The number of nitrogens with zero attached hydrogens (tertiary/aromatic N) is 4. The number of hydrogen-bond acceptors (Lipinski definition) is 6. The van der Waals surface area contributed by atoms with Crippen LogP contribution in [-0.4, -0.2) is 52.3 Å². The number of rotatable bonds is 4. The van der Waals surface area contributed by atoms with Crippen molar-refractivity contribution in [2.24, 2.45) is 0 Å². The first-order valence-electron chi connectivity index (χ1n) is 7.72. The molecule has 2 N–H and O–H groups in total. The summed E-state index contributed by atoms with van der Waals surface area (Å²) in [5.41, 5.74) is 0.218. The molecule has 128 valence electrons. The van der Waals surface area contributed by atoms with Crippen molar-refractivity contribution in [1.29, 1.82) is 0 Å². The maximum Gasteiger partial charge on any atom is 0.270 e. The molecule has 2 aromatic rings. The number of hydrogen-bond donors (Lipinski definition) is 2. The average molecular weight is 350 g/mol. The van der Waals surface area contributed by atoms with Crippen LogP contribution in [0.15, 0.2) is 29.2 Å². The summed E-state index contributed by atoms with van der Waals surface area (Å²) >= 11 is 0. The Morgan fingerprint density at radius 3 is 2.58 bits per heavy atom. The van der Waals surface area contributed by atoms with Crippen molar-refractivity contribution < 1.29 is 13.2 Å². The van der Waals surface area contributed by atoms with E-state index in [0.29, 0.717) is 13.1 Å². The lowest BCUT2D eigenvalue weighted by Gasteiger charge is -2.20. The molecule has 1 aromatic carbocycles. The Morgan fingerprint density at radius 2 is 1.92 bits per heavy atom. The van der Waals surface area contributed by atoms with Gasteiger partial charge in [-0.3, -0.25) is 10.1 Å². The lowest BCUT2D eigenvalue weighted by molar-refractivity contribution is 0.102. The highest BCUT2D eigenvalue weighted by molar-refractivity contribution is 7.89. The lowest BCUT2D eigenvalue weighted by atomic mass is 10.2. The van der Waals surface area contributed by atoms with E-state index in [1.807, 2.05) is 0 Å². The second-order valence-electron chi connectivity index (χ2n) is 5.54. The van der Waals surface area contributed by atoms with Crippen molar-refractivity contribution in [2.75, 3.05) is 18.4 Å². The van der Waals surface area contributed by atoms with Crippen LogP contribution in [0.3, 0.4) is 0 Å². The van der Waals surface area contributed by atoms with Gasteiger partial charge in [0.1, 0.15) is 0 Å². The molecule has 0 spiro atoms. The molecule has 9 nitrogen and oxygen atoms in total. The van der Waals surface area contributed by atoms with E-state index in [1.165, 1.54) is 22.5 Å². The van der Waals surface area contributed by atoms with Crippen LogP contribution in [-0.2, 0) is 10.0 Å². The van der Waals surface area contributed by atoms with Gasteiger partial charge in [0.2, 0.25) is 10.0 Å². The summed E-state index contributed by atoms with van der Waals surface area (Å²) in [6, 6.07) is 5.97. The van der Waals surface area contributed by atoms with Crippen LogP contribution in [0.5, 0.6) is 0 Å². The maximum atomic E-state index is 12.8. The molecule has 1 amide bonds. The number of carbonyl (C=O) groups excluding carboxylic acids is 1. The van der Waals surface area contributed by atoms with Crippen molar-refractivity contribution >= 4 is 21.9 Å². The number of nitrogens with one attached hydrogen (secondary N) is 2. The van der Waals surface area contributed by atoms with Gasteiger partial charge in [0.25, 0.3) is 11.9 Å². The Labute approximate surface area is 139 Å². The largest absolute Gasteiger partial charge is 0.288 e. The first-order valence-corrected chi connectivity index (χ1v) is 9.16. The van der Waals surface area contributed by atoms with E-state index < -0.39 is 15.9 Å². The minimum atomic E-state index is -3.60. The minimum absolute atomic E-state index is 0.0285. The van der Waals surface area contributed by atoms with Gasteiger partial charge in [-0.2, -0.15) is 9.52 Å². The molecule has 1 aromatic heterocycles. The fourth-order valence-corrected chi connectivity index (χ4v) is 4.18. The molecule has 1 fully saturated rings. The predicted molar refractivity (Wildman–Crippen MR) is 85.8 cm³/mol. The average Bonchev–Trinajstić information content (AvgIpc) is 2.93. The molecular weight excluding hydrogens is 332 g/mol. The molecule has 1 saturated heterocycles. The Kier molecular flexibility index (Phi) is 4.86. The van der Waals surface area contributed by atoms with E-state index in [1.54, 1.807) is 6.07 Å². The van der Waals surface area contributed by atoms with Gasteiger partial charge in [0, 0.05) is 18.7 Å². The first-order chi connectivity index (χ1) is 11.6. The summed E-state index contributed by atoms with van der Waals surface area (Å²) in [4.78, 5) is 12.3. The molecule has 3 rings (SSSR count). The zero-order chi connectivity index (χ0) is 17.0. The van der Waals surface area contributed by atoms with Crippen LogP contribution in [0.1, 0.15) is 36.0 Å². The van der Waals surface area contributed by atoms with Crippen LogP contribution >= 0.6 is 0 Å². The highest BCUT2D eigenvalue weighted by Gasteiger charge is 2.25. The van der Waals surface area contributed by atoms with Crippen molar-refractivity contribution in [3.63, 3.8) is 0 Å². The Hall–Kier alpha value is -2.33. The van der Waals surface area contributed by atoms with Crippen molar-refractivity contribution in [3.05, 3.63) is 29.8 Å². The molecule has 0 atom stereocenters. The summed E-state index contributed by atoms with van der Waals surface area (Å²) in [6.07, 6.45) is 3.80. The molecule has 0 saturated carbocycles. The highest BCUT2D eigenvalue weighted by Crippen LogP contribution is 2.21. The summed E-state index contributed by atoms with van der Waals surface area (Å²) in [7, 11) is -3.60. The monoisotopic (exact) mass is 350 g/mol. The third-order valence-electron chi connectivity index (χ3n) is 3.87. The van der Waals surface area contributed by atoms with Gasteiger partial charge in [-0.15, -0.1) is 5.10 Å². The van der Waals surface area contributed by atoms with Gasteiger partial charge in [-0.1, -0.05) is 24.0 Å². The standard InChI is InChI=1S/C14H18N6O3S/c21-13(15-14-16-18-19-17-14)11-6-5-7-12(10-11)24(22,23)20-8-3-1-2-4-9-20/h5-7,10H,1-4,8-9H2,(H2,15,16,17,18,19,21). The van der Waals surface area contributed by atoms with Gasteiger partial charge >= 0.3 is 0 Å². The first kappa shape index (κ1) is 16.5. The second-order valence-corrected chi connectivity index (χ2v) is 7.47. The second kappa shape index (κ2) is 7.05. The van der Waals surface area contributed by atoms with Crippen LogP contribution in [0.4, 0.5) is 5.95 Å². The molecule has 0 unspecified atom stereocenters. The van der Waals surface area contributed by atoms with Gasteiger partial charge in [-0.25, -0.2) is 8.42 Å². The number of carbonyl (C=O) groups is 1. The lowest BCUT2D eigenvalue weighted by Crippen LogP contribution is -2.32. The number of amides is 1. The van der Waals surface area contributed by atoms with Gasteiger partial charge in [0.15, 0.2) is 0 Å². The third-order valence-corrected chi connectivity index (χ3v) is 5.76. The smallest absolute Gasteiger partial charge is 0.270 e. The fraction of sp³-hybridized carbons (Fsp3) is 0.429. The predicted octanol–water partition coefficient (Wildman–Crippen LogP) is 1.02. The molecule has 1 aliphatic rings. The molecule has 0 bridgehead atoms. The molecule has 1 aliphatic heterocycles. The quantitative estimate of drug-likeness (QED) is 0.849. The maximum absolute atomic E-state index is 12.8. The van der Waals surface area contributed by atoms with Crippen molar-refractivity contribution in [3.8, 4) is 0 Å². The molecule has 0 radical (unpaired) electrons. The number of aromatic amines is 1. The van der Waals surface area contributed by atoms with Crippen molar-refractivity contribution in [2.45, 2.75) is 30.6 Å². The van der Waals surface area contributed by atoms with Crippen molar-refractivity contribution in [1.82, 2.24) is 24.9 Å².